The van der Waals surface area contributed by atoms with Crippen LogP contribution in [0.4, 0.5) is 5.69 Å². The van der Waals surface area contributed by atoms with Gasteiger partial charge in [0.25, 0.3) is 10.9 Å². The van der Waals surface area contributed by atoms with Crippen LogP contribution in [0.1, 0.15) is 41.9 Å². The minimum Gasteiger partial charge on any atom is -0.415 e. The highest BCUT2D eigenvalue weighted by molar-refractivity contribution is 7.99. The topological polar surface area (TPSA) is 99.1 Å². The first-order valence-corrected chi connectivity index (χ1v) is 7.17. The lowest BCUT2D eigenvalue weighted by molar-refractivity contribution is -0.387. The number of nitro groups is 1. The lowest BCUT2D eigenvalue weighted by atomic mass is 10.1. The number of nitrogens with zero attached hydrogens (tertiary/aromatic N) is 3. The quantitative estimate of drug-likeness (QED) is 0.475. The first-order chi connectivity index (χ1) is 10.0. The first kappa shape index (κ1) is 13.7. The molecular weight excluding hydrogens is 294 g/mol. The zero-order chi connectivity index (χ0) is 15.0. The molecule has 0 aliphatic heterocycles. The molecule has 1 fully saturated rings. The average molecular weight is 305 g/mol. The van der Waals surface area contributed by atoms with Crippen LogP contribution in [-0.2, 0) is 0 Å². The molecule has 0 amide bonds. The first-order valence-electron chi connectivity index (χ1n) is 6.35. The van der Waals surface area contributed by atoms with Gasteiger partial charge >= 0.3 is 0 Å². The molecule has 1 aliphatic carbocycles. The van der Waals surface area contributed by atoms with E-state index in [2.05, 4.69) is 10.2 Å². The molecule has 1 aromatic heterocycles. The van der Waals surface area contributed by atoms with Crippen molar-refractivity contribution in [1.29, 1.82) is 0 Å². The standard InChI is InChI=1S/C13H11N3O4S/c1-7(17)9-4-5-11(10(6-9)16(18)19)21-13-15-14-12(20-13)8-2-3-8/h4-6,8H,2-3H2,1H3. The maximum atomic E-state index is 11.3. The largest absolute Gasteiger partial charge is 0.415 e. The van der Waals surface area contributed by atoms with Gasteiger partial charge in [0.05, 0.1) is 9.82 Å². The number of benzene rings is 1. The molecule has 0 bridgehead atoms. The lowest BCUT2D eigenvalue weighted by Crippen LogP contribution is -1.97. The van der Waals surface area contributed by atoms with Crippen LogP contribution in [0, 0.1) is 10.1 Å². The summed E-state index contributed by atoms with van der Waals surface area (Å²) in [6.07, 6.45) is 2.08. The van der Waals surface area contributed by atoms with Gasteiger partial charge in [-0.2, -0.15) is 0 Å². The third kappa shape index (κ3) is 2.94. The van der Waals surface area contributed by atoms with Gasteiger partial charge in [-0.3, -0.25) is 14.9 Å². The molecule has 0 unspecified atom stereocenters. The van der Waals surface area contributed by atoms with E-state index in [9.17, 15) is 14.9 Å². The third-order valence-corrected chi connectivity index (χ3v) is 4.01. The summed E-state index contributed by atoms with van der Waals surface area (Å²) in [5.41, 5.74) is 0.161. The molecule has 1 heterocycles. The molecule has 108 valence electrons. The second-order valence-corrected chi connectivity index (χ2v) is 5.77. The summed E-state index contributed by atoms with van der Waals surface area (Å²) in [7, 11) is 0. The minimum absolute atomic E-state index is 0.140. The van der Waals surface area contributed by atoms with Crippen molar-refractivity contribution in [3.63, 3.8) is 0 Å². The molecule has 0 spiro atoms. The highest BCUT2D eigenvalue weighted by Gasteiger charge is 2.30. The summed E-state index contributed by atoms with van der Waals surface area (Å²) in [4.78, 5) is 22.3. The van der Waals surface area contributed by atoms with Crippen LogP contribution in [0.3, 0.4) is 0 Å². The highest BCUT2D eigenvalue weighted by Crippen LogP contribution is 2.41. The monoisotopic (exact) mass is 305 g/mol. The Morgan fingerprint density at radius 2 is 2.19 bits per heavy atom. The van der Waals surface area contributed by atoms with E-state index in [1.807, 2.05) is 0 Å². The molecule has 1 aromatic carbocycles. The molecule has 0 atom stereocenters. The number of Topliss-reactive ketones (excluding diaryl/α,β-unsaturated/α-hetero) is 1. The molecule has 0 N–H and O–H groups in total. The van der Waals surface area contributed by atoms with Crippen molar-refractivity contribution in [3.8, 4) is 0 Å². The molecule has 0 saturated heterocycles. The SMILES string of the molecule is CC(=O)c1ccc(Sc2nnc(C3CC3)o2)c([N+](=O)[O-])c1. The zero-order valence-corrected chi connectivity index (χ0v) is 11.9. The van der Waals surface area contributed by atoms with Gasteiger partial charge < -0.3 is 4.42 Å². The van der Waals surface area contributed by atoms with Gasteiger partial charge in [-0.15, -0.1) is 10.2 Å². The van der Waals surface area contributed by atoms with E-state index < -0.39 is 4.92 Å². The number of rotatable bonds is 5. The van der Waals surface area contributed by atoms with Crippen molar-refractivity contribution in [2.45, 2.75) is 35.8 Å². The summed E-state index contributed by atoms with van der Waals surface area (Å²) >= 11 is 1.04. The lowest BCUT2D eigenvalue weighted by Gasteiger charge is -2.01. The van der Waals surface area contributed by atoms with E-state index in [1.165, 1.54) is 19.1 Å². The summed E-state index contributed by atoms with van der Waals surface area (Å²) < 4.78 is 5.48. The van der Waals surface area contributed by atoms with Gasteiger partial charge in [0.1, 0.15) is 0 Å². The van der Waals surface area contributed by atoms with E-state index in [0.29, 0.717) is 22.3 Å². The van der Waals surface area contributed by atoms with Gasteiger partial charge in [0.2, 0.25) is 5.89 Å². The molecule has 1 aliphatic rings. The second kappa shape index (κ2) is 5.28. The van der Waals surface area contributed by atoms with Crippen molar-refractivity contribution in [3.05, 3.63) is 39.8 Å². The Morgan fingerprint density at radius 1 is 1.43 bits per heavy atom. The van der Waals surface area contributed by atoms with Crippen molar-refractivity contribution >= 4 is 23.2 Å². The van der Waals surface area contributed by atoms with Gasteiger partial charge in [-0.1, -0.05) is 0 Å². The summed E-state index contributed by atoms with van der Waals surface area (Å²) in [6, 6.07) is 4.35. The van der Waals surface area contributed by atoms with Gasteiger partial charge in [0.15, 0.2) is 5.78 Å². The minimum atomic E-state index is -0.521. The van der Waals surface area contributed by atoms with Gasteiger partial charge in [-0.05, 0) is 43.7 Å². The number of carbonyl (C=O) groups is 1. The molecule has 21 heavy (non-hydrogen) atoms. The van der Waals surface area contributed by atoms with Crippen molar-refractivity contribution < 1.29 is 14.1 Å². The van der Waals surface area contributed by atoms with E-state index in [1.54, 1.807) is 6.07 Å². The Labute approximate surface area is 123 Å². The van der Waals surface area contributed by atoms with E-state index in [4.69, 9.17) is 4.42 Å². The zero-order valence-electron chi connectivity index (χ0n) is 11.1. The number of carbonyl (C=O) groups excluding carboxylic acids is 1. The summed E-state index contributed by atoms with van der Waals surface area (Å²) in [6.45, 7) is 1.37. The Kier molecular flexibility index (Phi) is 3.46. The van der Waals surface area contributed by atoms with E-state index >= 15 is 0 Å². The molecule has 0 radical (unpaired) electrons. The fraction of sp³-hybridized carbons (Fsp3) is 0.308. The number of aromatic nitrogens is 2. The van der Waals surface area contributed by atoms with Crippen molar-refractivity contribution in [1.82, 2.24) is 10.2 Å². The van der Waals surface area contributed by atoms with Crippen LogP contribution in [0.5, 0.6) is 0 Å². The van der Waals surface area contributed by atoms with E-state index in [-0.39, 0.29) is 16.7 Å². The fourth-order valence-electron chi connectivity index (χ4n) is 1.82. The molecular formula is C13H11N3O4S. The maximum Gasteiger partial charge on any atom is 0.284 e. The Hall–Kier alpha value is -2.22. The molecule has 7 nitrogen and oxygen atoms in total. The maximum absolute atomic E-state index is 11.3. The Balaban J connectivity index is 1.89. The van der Waals surface area contributed by atoms with Gasteiger partial charge in [-0.25, -0.2) is 0 Å². The number of nitro benzene ring substituents is 1. The van der Waals surface area contributed by atoms with Crippen LogP contribution in [0.2, 0.25) is 0 Å². The average Bonchev–Trinajstić information content (AvgIpc) is 3.19. The van der Waals surface area contributed by atoms with Crippen LogP contribution >= 0.6 is 11.8 Å². The predicted octanol–water partition coefficient (Wildman–Crippen LogP) is 3.21. The second-order valence-electron chi connectivity index (χ2n) is 4.78. The van der Waals surface area contributed by atoms with Crippen LogP contribution in [0.25, 0.3) is 0 Å². The molecule has 2 aromatic rings. The fourth-order valence-corrected chi connectivity index (χ4v) is 2.59. The Morgan fingerprint density at radius 3 is 2.81 bits per heavy atom. The summed E-state index contributed by atoms with van der Waals surface area (Å²) in [5, 5.41) is 19.2. The molecule has 1 saturated carbocycles. The smallest absolute Gasteiger partial charge is 0.284 e. The molecule has 3 rings (SSSR count). The number of ketones is 1. The number of hydrogen-bond acceptors (Lipinski definition) is 7. The Bertz CT molecular complexity index is 724. The van der Waals surface area contributed by atoms with E-state index in [0.717, 1.165) is 24.6 Å². The van der Waals surface area contributed by atoms with Crippen LogP contribution < -0.4 is 0 Å². The van der Waals surface area contributed by atoms with Crippen LogP contribution in [-0.4, -0.2) is 20.9 Å². The highest BCUT2D eigenvalue weighted by atomic mass is 32.2. The van der Waals surface area contributed by atoms with Crippen molar-refractivity contribution in [2.24, 2.45) is 0 Å². The number of hydrogen-bond donors (Lipinski definition) is 0. The molecule has 8 heteroatoms. The van der Waals surface area contributed by atoms with Gasteiger partial charge in [0, 0.05) is 17.5 Å². The predicted molar refractivity (Wildman–Crippen MR) is 73.5 cm³/mol. The van der Waals surface area contributed by atoms with Crippen LogP contribution in [0.15, 0.2) is 32.7 Å². The summed E-state index contributed by atoms with van der Waals surface area (Å²) in [5.74, 6) is 0.700. The normalized spacial score (nSPS) is 14.1. The van der Waals surface area contributed by atoms with Crippen molar-refractivity contribution in [2.75, 3.05) is 0 Å². The third-order valence-electron chi connectivity index (χ3n) is 3.11.